The van der Waals surface area contributed by atoms with E-state index in [4.69, 9.17) is 5.73 Å². The maximum atomic E-state index is 9.77. The fourth-order valence-electron chi connectivity index (χ4n) is 2.03. The Labute approximate surface area is 80.9 Å². The average Bonchev–Trinajstić information content (AvgIpc) is 2.11. The van der Waals surface area contributed by atoms with Gasteiger partial charge in [0, 0.05) is 18.6 Å². The number of hydroxylamine groups is 2. The van der Waals surface area contributed by atoms with Gasteiger partial charge in [0.2, 0.25) is 0 Å². The van der Waals surface area contributed by atoms with Gasteiger partial charge in [-0.15, -0.1) is 0 Å². The van der Waals surface area contributed by atoms with Crippen molar-refractivity contribution in [2.45, 2.75) is 45.1 Å². The SMILES string of the molecule is CC1CCC(C)(N(O)CCN)CC1. The van der Waals surface area contributed by atoms with E-state index in [1.165, 1.54) is 17.9 Å². The molecule has 0 aromatic carbocycles. The molecule has 1 aliphatic carbocycles. The van der Waals surface area contributed by atoms with E-state index in [0.717, 1.165) is 18.8 Å². The van der Waals surface area contributed by atoms with Gasteiger partial charge in [-0.3, -0.25) is 0 Å². The van der Waals surface area contributed by atoms with Gasteiger partial charge in [-0.05, 0) is 38.5 Å². The van der Waals surface area contributed by atoms with Crippen molar-refractivity contribution in [2.75, 3.05) is 13.1 Å². The van der Waals surface area contributed by atoms with E-state index in [9.17, 15) is 5.21 Å². The summed E-state index contributed by atoms with van der Waals surface area (Å²) in [6.07, 6.45) is 4.62. The molecule has 13 heavy (non-hydrogen) atoms. The second kappa shape index (κ2) is 4.40. The van der Waals surface area contributed by atoms with Gasteiger partial charge in [-0.1, -0.05) is 6.92 Å². The first kappa shape index (κ1) is 11.0. The molecule has 0 heterocycles. The molecule has 0 radical (unpaired) electrons. The smallest absolute Gasteiger partial charge is 0.0433 e. The molecular formula is C10H22N2O. The Balaban J connectivity index is 2.46. The molecule has 0 atom stereocenters. The highest BCUT2D eigenvalue weighted by molar-refractivity contribution is 4.87. The van der Waals surface area contributed by atoms with Crippen LogP contribution in [0.4, 0.5) is 0 Å². The minimum Gasteiger partial charge on any atom is -0.329 e. The van der Waals surface area contributed by atoms with E-state index < -0.39 is 0 Å². The second-order valence-corrected chi connectivity index (χ2v) is 4.59. The molecule has 0 unspecified atom stereocenters. The third-order valence-electron chi connectivity index (χ3n) is 3.32. The molecule has 78 valence electrons. The van der Waals surface area contributed by atoms with E-state index in [2.05, 4.69) is 13.8 Å². The first-order valence-electron chi connectivity index (χ1n) is 5.25. The van der Waals surface area contributed by atoms with Crippen LogP contribution in [0.5, 0.6) is 0 Å². The highest BCUT2D eigenvalue weighted by Crippen LogP contribution is 2.34. The first-order chi connectivity index (χ1) is 6.08. The van der Waals surface area contributed by atoms with Crippen LogP contribution in [-0.2, 0) is 0 Å². The summed E-state index contributed by atoms with van der Waals surface area (Å²) >= 11 is 0. The summed E-state index contributed by atoms with van der Waals surface area (Å²) in [6, 6.07) is 0. The van der Waals surface area contributed by atoms with Crippen molar-refractivity contribution in [2.24, 2.45) is 11.7 Å². The van der Waals surface area contributed by atoms with E-state index in [1.54, 1.807) is 0 Å². The molecule has 0 aliphatic heterocycles. The topological polar surface area (TPSA) is 49.5 Å². The van der Waals surface area contributed by atoms with Crippen LogP contribution in [0.1, 0.15) is 39.5 Å². The van der Waals surface area contributed by atoms with Crippen molar-refractivity contribution < 1.29 is 5.21 Å². The lowest BCUT2D eigenvalue weighted by molar-refractivity contribution is -0.178. The van der Waals surface area contributed by atoms with Gasteiger partial charge in [0.15, 0.2) is 0 Å². The lowest BCUT2D eigenvalue weighted by Gasteiger charge is -2.41. The van der Waals surface area contributed by atoms with Crippen molar-refractivity contribution in [3.05, 3.63) is 0 Å². The number of hydrogen-bond donors (Lipinski definition) is 2. The molecule has 3 heteroatoms. The molecule has 0 aromatic heterocycles. The van der Waals surface area contributed by atoms with Crippen LogP contribution in [0.15, 0.2) is 0 Å². The Morgan fingerprint density at radius 1 is 1.46 bits per heavy atom. The van der Waals surface area contributed by atoms with E-state index >= 15 is 0 Å². The molecule has 1 saturated carbocycles. The van der Waals surface area contributed by atoms with Crippen molar-refractivity contribution in [1.82, 2.24) is 5.06 Å². The fraction of sp³-hybridized carbons (Fsp3) is 1.00. The highest BCUT2D eigenvalue weighted by Gasteiger charge is 2.34. The second-order valence-electron chi connectivity index (χ2n) is 4.59. The normalized spacial score (nSPS) is 35.3. The molecule has 0 saturated heterocycles. The standard InChI is InChI=1S/C10H22N2O/c1-9-3-5-10(2,6-4-9)12(13)8-7-11/h9,13H,3-8,11H2,1-2H3. The van der Waals surface area contributed by atoms with Crippen LogP contribution in [0.3, 0.4) is 0 Å². The molecule has 0 bridgehead atoms. The summed E-state index contributed by atoms with van der Waals surface area (Å²) in [6.45, 7) is 5.53. The van der Waals surface area contributed by atoms with Gasteiger partial charge in [-0.25, -0.2) is 0 Å². The van der Waals surface area contributed by atoms with Gasteiger partial charge < -0.3 is 10.9 Å². The van der Waals surface area contributed by atoms with Crippen LogP contribution < -0.4 is 5.73 Å². The van der Waals surface area contributed by atoms with Crippen molar-refractivity contribution >= 4 is 0 Å². The molecule has 1 aliphatic rings. The number of nitrogens with zero attached hydrogens (tertiary/aromatic N) is 1. The maximum Gasteiger partial charge on any atom is 0.0433 e. The van der Waals surface area contributed by atoms with Gasteiger partial charge in [-0.2, -0.15) is 5.06 Å². The van der Waals surface area contributed by atoms with E-state index in [0.29, 0.717) is 13.1 Å². The number of nitrogens with two attached hydrogens (primary N) is 1. The monoisotopic (exact) mass is 186 g/mol. The number of rotatable bonds is 3. The minimum atomic E-state index is -0.0219. The molecular weight excluding hydrogens is 164 g/mol. The highest BCUT2D eigenvalue weighted by atomic mass is 16.5. The Hall–Kier alpha value is -0.120. The van der Waals surface area contributed by atoms with Gasteiger partial charge in [0.05, 0.1) is 0 Å². The lowest BCUT2D eigenvalue weighted by Crippen LogP contribution is -2.48. The summed E-state index contributed by atoms with van der Waals surface area (Å²) in [4.78, 5) is 0. The van der Waals surface area contributed by atoms with E-state index in [1.807, 2.05) is 0 Å². The Morgan fingerprint density at radius 3 is 2.46 bits per heavy atom. The van der Waals surface area contributed by atoms with Crippen LogP contribution in [0.2, 0.25) is 0 Å². The van der Waals surface area contributed by atoms with Gasteiger partial charge in [0.25, 0.3) is 0 Å². The Bertz CT molecular complexity index is 153. The Morgan fingerprint density at radius 2 is 2.00 bits per heavy atom. The van der Waals surface area contributed by atoms with Crippen LogP contribution >= 0.6 is 0 Å². The molecule has 0 spiro atoms. The largest absolute Gasteiger partial charge is 0.329 e. The zero-order valence-corrected chi connectivity index (χ0v) is 8.79. The molecule has 0 amide bonds. The number of hydrogen-bond acceptors (Lipinski definition) is 3. The third-order valence-corrected chi connectivity index (χ3v) is 3.32. The first-order valence-corrected chi connectivity index (χ1v) is 5.25. The molecule has 0 aromatic rings. The van der Waals surface area contributed by atoms with Gasteiger partial charge in [0.1, 0.15) is 0 Å². The van der Waals surface area contributed by atoms with Crippen molar-refractivity contribution in [3.8, 4) is 0 Å². The zero-order valence-electron chi connectivity index (χ0n) is 8.79. The summed E-state index contributed by atoms with van der Waals surface area (Å²) in [5, 5.41) is 11.2. The summed E-state index contributed by atoms with van der Waals surface area (Å²) in [7, 11) is 0. The van der Waals surface area contributed by atoms with Crippen molar-refractivity contribution in [3.63, 3.8) is 0 Å². The van der Waals surface area contributed by atoms with Crippen molar-refractivity contribution in [1.29, 1.82) is 0 Å². The average molecular weight is 186 g/mol. The van der Waals surface area contributed by atoms with Gasteiger partial charge >= 0.3 is 0 Å². The zero-order chi connectivity index (χ0) is 9.90. The van der Waals surface area contributed by atoms with Crippen LogP contribution in [0.25, 0.3) is 0 Å². The third kappa shape index (κ3) is 2.66. The maximum absolute atomic E-state index is 9.77. The Kier molecular flexibility index (Phi) is 3.71. The fourth-order valence-corrected chi connectivity index (χ4v) is 2.03. The minimum absolute atomic E-state index is 0.0219. The molecule has 1 fully saturated rings. The summed E-state index contributed by atoms with van der Waals surface area (Å²) in [5.41, 5.74) is 5.40. The summed E-state index contributed by atoms with van der Waals surface area (Å²) in [5.74, 6) is 0.819. The quantitative estimate of drug-likeness (QED) is 0.658. The lowest BCUT2D eigenvalue weighted by atomic mass is 9.78. The van der Waals surface area contributed by atoms with E-state index in [-0.39, 0.29) is 5.54 Å². The molecule has 1 rings (SSSR count). The predicted molar refractivity (Wildman–Crippen MR) is 53.6 cm³/mol. The predicted octanol–water partition coefficient (Wildman–Crippen LogP) is 1.61. The summed E-state index contributed by atoms with van der Waals surface area (Å²) < 4.78 is 0. The molecule has 3 nitrogen and oxygen atoms in total. The van der Waals surface area contributed by atoms with Crippen LogP contribution in [0, 0.1) is 5.92 Å². The molecule has 3 N–H and O–H groups in total. The van der Waals surface area contributed by atoms with Crippen LogP contribution in [-0.4, -0.2) is 28.9 Å².